The fourth-order valence-electron chi connectivity index (χ4n) is 2.01. The van der Waals surface area contributed by atoms with Crippen molar-refractivity contribution in [3.63, 3.8) is 0 Å². The number of rotatable bonds is 5. The fourth-order valence-corrected chi connectivity index (χ4v) is 2.51. The molecule has 9 heteroatoms. The van der Waals surface area contributed by atoms with E-state index in [1.807, 2.05) is 0 Å². The van der Waals surface area contributed by atoms with Gasteiger partial charge in [-0.25, -0.2) is 4.79 Å². The van der Waals surface area contributed by atoms with Gasteiger partial charge >= 0.3 is 5.97 Å². The molecule has 0 unspecified atom stereocenters. The zero-order valence-electron chi connectivity index (χ0n) is 12.7. The number of aromatic nitrogens is 2. The number of amidine groups is 1. The maximum atomic E-state index is 12.0. The number of carbonyl (C=O) groups excluding carboxylic acids is 1. The first-order valence-electron chi connectivity index (χ1n) is 7.09. The van der Waals surface area contributed by atoms with E-state index in [0.29, 0.717) is 27.9 Å². The highest BCUT2D eigenvalue weighted by Gasteiger charge is 2.14. The second kappa shape index (κ2) is 7.42. The Balaban J connectivity index is 1.66. The topological polar surface area (TPSA) is 95.6 Å². The number of benzene rings is 1. The van der Waals surface area contributed by atoms with Crippen LogP contribution in [-0.4, -0.2) is 21.6 Å². The number of furan rings is 1. The molecule has 0 fully saturated rings. The molecule has 128 valence electrons. The molecule has 3 aromatic rings. The lowest BCUT2D eigenvalue weighted by atomic mass is 10.2. The van der Waals surface area contributed by atoms with Crippen molar-refractivity contribution in [1.29, 1.82) is 0 Å². The first-order valence-corrected chi connectivity index (χ1v) is 7.85. The Morgan fingerprint density at radius 3 is 2.88 bits per heavy atom. The molecule has 0 amide bonds. The third kappa shape index (κ3) is 4.20. The van der Waals surface area contributed by atoms with Gasteiger partial charge in [0.05, 0.1) is 11.6 Å². The number of hydrogen-bond acceptors (Lipinski definition) is 5. The summed E-state index contributed by atoms with van der Waals surface area (Å²) in [6.07, 6.45) is 3.43. The first-order chi connectivity index (χ1) is 12.0. The minimum atomic E-state index is -0.778. The number of halogens is 2. The summed E-state index contributed by atoms with van der Waals surface area (Å²) in [5.41, 5.74) is 6.17. The zero-order chi connectivity index (χ0) is 17.8. The molecule has 0 aliphatic rings. The molecule has 0 bridgehead atoms. The van der Waals surface area contributed by atoms with Crippen LogP contribution < -0.4 is 5.73 Å². The minimum Gasteiger partial charge on any atom is -0.452 e. The Morgan fingerprint density at radius 2 is 2.16 bits per heavy atom. The molecule has 0 radical (unpaired) electrons. The molecule has 2 aromatic heterocycles. The van der Waals surface area contributed by atoms with Gasteiger partial charge in [0.15, 0.2) is 5.84 Å². The lowest BCUT2D eigenvalue weighted by Crippen LogP contribution is -2.15. The predicted molar refractivity (Wildman–Crippen MR) is 92.6 cm³/mol. The van der Waals surface area contributed by atoms with E-state index in [1.165, 1.54) is 12.1 Å². The highest BCUT2D eigenvalue weighted by Crippen LogP contribution is 2.21. The Hall–Kier alpha value is -2.77. The summed E-state index contributed by atoms with van der Waals surface area (Å²) in [5, 5.41) is 8.39. The van der Waals surface area contributed by atoms with Gasteiger partial charge in [0, 0.05) is 23.0 Å². The second-order valence-corrected chi connectivity index (χ2v) is 5.79. The zero-order valence-corrected chi connectivity index (χ0v) is 14.2. The number of nitrogens with zero attached hydrogens (tertiary/aromatic N) is 3. The van der Waals surface area contributed by atoms with Crippen molar-refractivity contribution in [3.05, 3.63) is 75.9 Å². The lowest BCUT2D eigenvalue weighted by molar-refractivity contribution is 0.0477. The molecule has 7 nitrogen and oxygen atoms in total. The minimum absolute atomic E-state index is 0.000842. The van der Waals surface area contributed by atoms with Gasteiger partial charge in [-0.3, -0.25) is 4.68 Å². The van der Waals surface area contributed by atoms with E-state index in [4.69, 9.17) is 38.2 Å². The fraction of sp³-hybridized carbons (Fsp3) is 0.0625. The standard InChI is InChI=1S/C16H12Cl2N4O3/c17-10-2-4-12(13(18)8-10)15(19)21-25-16(23)14-5-3-11(24-14)9-22-7-1-6-20-22/h1-8H,9H2,(H2,19,21). The van der Waals surface area contributed by atoms with E-state index in [0.717, 1.165) is 0 Å². The third-order valence-corrected chi connectivity index (χ3v) is 3.72. The van der Waals surface area contributed by atoms with Crippen LogP contribution in [0.4, 0.5) is 0 Å². The molecule has 3 rings (SSSR count). The van der Waals surface area contributed by atoms with Gasteiger partial charge in [-0.1, -0.05) is 28.4 Å². The number of oxime groups is 1. The number of carbonyl (C=O) groups is 1. The van der Waals surface area contributed by atoms with Crippen molar-refractivity contribution in [2.75, 3.05) is 0 Å². The predicted octanol–water partition coefficient (Wildman–Crippen LogP) is 3.31. The average molecular weight is 379 g/mol. The lowest BCUT2D eigenvalue weighted by Gasteiger charge is -2.03. The molecule has 0 atom stereocenters. The van der Waals surface area contributed by atoms with E-state index < -0.39 is 5.97 Å². The number of hydrogen-bond donors (Lipinski definition) is 1. The molecule has 1 aromatic carbocycles. The third-order valence-electron chi connectivity index (χ3n) is 3.17. The van der Waals surface area contributed by atoms with Crippen LogP contribution in [0.1, 0.15) is 21.9 Å². The smallest absolute Gasteiger partial charge is 0.400 e. The molecule has 2 N–H and O–H groups in total. The summed E-state index contributed by atoms with van der Waals surface area (Å²) in [4.78, 5) is 16.8. The first kappa shape index (κ1) is 17.1. The SMILES string of the molecule is N/C(=N\OC(=O)c1ccc(Cn2cccn2)o1)c1ccc(Cl)cc1Cl. The van der Waals surface area contributed by atoms with Gasteiger partial charge in [-0.15, -0.1) is 0 Å². The van der Waals surface area contributed by atoms with Crippen LogP contribution in [0.5, 0.6) is 0 Å². The van der Waals surface area contributed by atoms with Crippen molar-refractivity contribution in [3.8, 4) is 0 Å². The van der Waals surface area contributed by atoms with Gasteiger partial charge in [0.2, 0.25) is 5.76 Å². The maximum Gasteiger partial charge on any atom is 0.400 e. The quantitative estimate of drug-likeness (QED) is 0.318. The van der Waals surface area contributed by atoms with E-state index in [1.54, 1.807) is 41.3 Å². The van der Waals surface area contributed by atoms with Crippen LogP contribution in [0.2, 0.25) is 10.0 Å². The average Bonchev–Trinajstić information content (AvgIpc) is 3.24. The van der Waals surface area contributed by atoms with E-state index in [-0.39, 0.29) is 11.6 Å². The number of nitrogens with two attached hydrogens (primary N) is 1. The molecule has 25 heavy (non-hydrogen) atoms. The molecular weight excluding hydrogens is 367 g/mol. The molecule has 0 saturated carbocycles. The van der Waals surface area contributed by atoms with E-state index in [9.17, 15) is 4.79 Å². The van der Waals surface area contributed by atoms with Crippen LogP contribution in [0.15, 0.2) is 58.4 Å². The molecule has 0 spiro atoms. The molecular formula is C16H12Cl2N4O3. The molecule has 2 heterocycles. The van der Waals surface area contributed by atoms with Gasteiger partial charge in [-0.05, 0) is 36.4 Å². The highest BCUT2D eigenvalue weighted by atomic mass is 35.5. The maximum absolute atomic E-state index is 12.0. The summed E-state index contributed by atoms with van der Waals surface area (Å²) in [7, 11) is 0. The highest BCUT2D eigenvalue weighted by molar-refractivity contribution is 6.36. The van der Waals surface area contributed by atoms with Gasteiger partial charge in [0.1, 0.15) is 5.76 Å². The van der Waals surface area contributed by atoms with Crippen molar-refractivity contribution in [2.24, 2.45) is 10.9 Å². The van der Waals surface area contributed by atoms with Crippen LogP contribution >= 0.6 is 23.2 Å². The van der Waals surface area contributed by atoms with Gasteiger partial charge in [-0.2, -0.15) is 5.10 Å². The Labute approximate surface area is 152 Å². The van der Waals surface area contributed by atoms with Crippen LogP contribution in [0.25, 0.3) is 0 Å². The van der Waals surface area contributed by atoms with Crippen LogP contribution in [0, 0.1) is 0 Å². The molecule has 0 aliphatic carbocycles. The molecule has 0 saturated heterocycles. The summed E-state index contributed by atoms with van der Waals surface area (Å²) in [6.45, 7) is 0.395. The summed E-state index contributed by atoms with van der Waals surface area (Å²) >= 11 is 11.8. The Bertz CT molecular complexity index is 919. The second-order valence-electron chi connectivity index (χ2n) is 4.95. The summed E-state index contributed by atoms with van der Waals surface area (Å²) in [6, 6.07) is 9.62. The molecule has 0 aliphatic heterocycles. The Kier molecular flexibility index (Phi) is 5.06. The van der Waals surface area contributed by atoms with Crippen molar-refractivity contribution in [2.45, 2.75) is 6.54 Å². The van der Waals surface area contributed by atoms with E-state index >= 15 is 0 Å². The summed E-state index contributed by atoms with van der Waals surface area (Å²) in [5.74, 6) is -0.285. The monoisotopic (exact) mass is 378 g/mol. The largest absolute Gasteiger partial charge is 0.452 e. The van der Waals surface area contributed by atoms with E-state index in [2.05, 4.69) is 10.3 Å². The van der Waals surface area contributed by atoms with Crippen molar-refractivity contribution >= 4 is 35.0 Å². The van der Waals surface area contributed by atoms with Crippen molar-refractivity contribution in [1.82, 2.24) is 9.78 Å². The van der Waals surface area contributed by atoms with Crippen molar-refractivity contribution < 1.29 is 14.0 Å². The normalized spacial score (nSPS) is 11.5. The van der Waals surface area contributed by atoms with Gasteiger partial charge in [0.25, 0.3) is 0 Å². The van der Waals surface area contributed by atoms with Gasteiger partial charge < -0.3 is 15.0 Å². The van der Waals surface area contributed by atoms with Crippen LogP contribution in [-0.2, 0) is 11.4 Å². The summed E-state index contributed by atoms with van der Waals surface area (Å²) < 4.78 is 7.07. The van der Waals surface area contributed by atoms with Crippen LogP contribution in [0.3, 0.4) is 0 Å². The Morgan fingerprint density at radius 1 is 1.32 bits per heavy atom.